The number of thioether (sulfide) groups is 1. The molecule has 0 aliphatic heterocycles. The summed E-state index contributed by atoms with van der Waals surface area (Å²) in [7, 11) is 1.40. The fourth-order valence-corrected chi connectivity index (χ4v) is 2.77. The van der Waals surface area contributed by atoms with Crippen molar-refractivity contribution in [2.75, 3.05) is 7.11 Å². The van der Waals surface area contributed by atoms with Crippen LogP contribution in [0.15, 0.2) is 18.2 Å². The van der Waals surface area contributed by atoms with E-state index in [9.17, 15) is 4.79 Å². The molecule has 0 N–H and O–H groups in total. The van der Waals surface area contributed by atoms with Gasteiger partial charge in [0, 0.05) is 21.0 Å². The second kappa shape index (κ2) is 7.14. The van der Waals surface area contributed by atoms with Crippen LogP contribution in [-0.4, -0.2) is 18.3 Å². The van der Waals surface area contributed by atoms with Gasteiger partial charge in [-0.1, -0.05) is 36.2 Å². The van der Waals surface area contributed by atoms with Crippen molar-refractivity contribution in [1.82, 2.24) is 0 Å². The third-order valence-electron chi connectivity index (χ3n) is 2.22. The molecule has 1 rings (SSSR count). The Hall–Kier alpha value is -0.380. The molecule has 0 radical (unpaired) electrons. The van der Waals surface area contributed by atoms with Gasteiger partial charge in [-0.05, 0) is 17.7 Å². The highest BCUT2D eigenvalue weighted by Gasteiger charge is 2.10. The SMILES string of the molecule is COC(=O)CC(C)SCc1ccc(Cl)cc1Cl. The van der Waals surface area contributed by atoms with Gasteiger partial charge in [-0.2, -0.15) is 11.8 Å². The first-order chi connectivity index (χ1) is 8.02. The van der Waals surface area contributed by atoms with Gasteiger partial charge in [-0.3, -0.25) is 4.79 Å². The maximum atomic E-state index is 11.1. The van der Waals surface area contributed by atoms with Gasteiger partial charge in [0.15, 0.2) is 0 Å². The third kappa shape index (κ3) is 5.19. The molecule has 0 saturated carbocycles. The van der Waals surface area contributed by atoms with Crippen molar-refractivity contribution in [3.05, 3.63) is 33.8 Å². The van der Waals surface area contributed by atoms with Crippen LogP contribution in [0.1, 0.15) is 18.9 Å². The molecule has 1 unspecified atom stereocenters. The molecule has 17 heavy (non-hydrogen) atoms. The van der Waals surface area contributed by atoms with Crippen LogP contribution < -0.4 is 0 Å². The minimum absolute atomic E-state index is 0.188. The van der Waals surface area contributed by atoms with E-state index < -0.39 is 0 Å². The average molecular weight is 293 g/mol. The van der Waals surface area contributed by atoms with Crippen LogP contribution in [0.4, 0.5) is 0 Å². The summed E-state index contributed by atoms with van der Waals surface area (Å²) in [6, 6.07) is 5.45. The Bertz CT molecular complexity index is 396. The summed E-state index contributed by atoms with van der Waals surface area (Å²) < 4.78 is 4.62. The largest absolute Gasteiger partial charge is 0.469 e. The molecule has 0 heterocycles. The van der Waals surface area contributed by atoms with E-state index in [-0.39, 0.29) is 11.2 Å². The molecule has 94 valence electrons. The number of hydrogen-bond donors (Lipinski definition) is 0. The summed E-state index contributed by atoms with van der Waals surface area (Å²) in [5.74, 6) is 0.570. The lowest BCUT2D eigenvalue weighted by molar-refractivity contribution is -0.140. The first-order valence-electron chi connectivity index (χ1n) is 5.15. The van der Waals surface area contributed by atoms with Crippen molar-refractivity contribution >= 4 is 40.9 Å². The maximum absolute atomic E-state index is 11.1. The van der Waals surface area contributed by atoms with Crippen molar-refractivity contribution in [3.8, 4) is 0 Å². The summed E-state index contributed by atoms with van der Waals surface area (Å²) in [4.78, 5) is 11.1. The highest BCUT2D eigenvalue weighted by molar-refractivity contribution is 7.99. The fraction of sp³-hybridized carbons (Fsp3) is 0.417. The number of carbonyl (C=O) groups excluding carboxylic acids is 1. The van der Waals surface area contributed by atoms with Crippen LogP contribution in [0, 0.1) is 0 Å². The molecule has 0 aliphatic carbocycles. The lowest BCUT2D eigenvalue weighted by Crippen LogP contribution is -2.08. The number of ether oxygens (including phenoxy) is 1. The molecule has 0 aliphatic rings. The van der Waals surface area contributed by atoms with Crippen LogP contribution in [-0.2, 0) is 15.3 Å². The van der Waals surface area contributed by atoms with Crippen LogP contribution in [0.3, 0.4) is 0 Å². The number of esters is 1. The lowest BCUT2D eigenvalue weighted by Gasteiger charge is -2.10. The Labute approximate surface area is 116 Å². The lowest BCUT2D eigenvalue weighted by atomic mass is 10.2. The standard InChI is InChI=1S/C12H14Cl2O2S/c1-8(5-12(15)16-2)17-7-9-3-4-10(13)6-11(9)14/h3-4,6,8H,5,7H2,1-2H3. The summed E-state index contributed by atoms with van der Waals surface area (Å²) >= 11 is 13.5. The molecule has 0 fully saturated rings. The quantitative estimate of drug-likeness (QED) is 0.762. The second-order valence-corrected chi connectivity index (χ2v) is 5.91. The van der Waals surface area contributed by atoms with Gasteiger partial charge in [0.2, 0.25) is 0 Å². The number of rotatable bonds is 5. The maximum Gasteiger partial charge on any atom is 0.306 e. The van der Waals surface area contributed by atoms with Crippen molar-refractivity contribution < 1.29 is 9.53 Å². The molecule has 0 aromatic heterocycles. The van der Waals surface area contributed by atoms with Gasteiger partial charge >= 0.3 is 5.97 Å². The summed E-state index contributed by atoms with van der Waals surface area (Å²) in [5, 5.41) is 1.50. The number of hydrogen-bond acceptors (Lipinski definition) is 3. The van der Waals surface area contributed by atoms with Gasteiger partial charge in [0.05, 0.1) is 13.5 Å². The van der Waals surface area contributed by atoms with E-state index in [1.54, 1.807) is 17.8 Å². The Morgan fingerprint density at radius 3 is 2.76 bits per heavy atom. The van der Waals surface area contributed by atoms with E-state index in [0.29, 0.717) is 16.5 Å². The summed E-state index contributed by atoms with van der Waals surface area (Å²) in [6.07, 6.45) is 0.409. The zero-order valence-corrected chi connectivity index (χ0v) is 12.0. The van der Waals surface area contributed by atoms with E-state index in [0.717, 1.165) is 11.3 Å². The molecular formula is C12H14Cl2O2S. The van der Waals surface area contributed by atoms with Crippen molar-refractivity contribution in [2.24, 2.45) is 0 Å². The molecule has 2 nitrogen and oxygen atoms in total. The number of carbonyl (C=O) groups is 1. The normalized spacial score (nSPS) is 12.2. The molecule has 1 aromatic carbocycles. The van der Waals surface area contributed by atoms with Crippen molar-refractivity contribution in [2.45, 2.75) is 24.3 Å². The second-order valence-electron chi connectivity index (χ2n) is 3.64. The molecule has 0 saturated heterocycles. The average Bonchev–Trinajstić information content (AvgIpc) is 2.27. The predicted octanol–water partition coefficient (Wildman–Crippen LogP) is 4.18. The van der Waals surface area contributed by atoms with Gasteiger partial charge < -0.3 is 4.74 Å². The zero-order chi connectivity index (χ0) is 12.8. The van der Waals surface area contributed by atoms with Crippen LogP contribution >= 0.6 is 35.0 Å². The van der Waals surface area contributed by atoms with E-state index in [4.69, 9.17) is 23.2 Å². The minimum atomic E-state index is -0.188. The fourth-order valence-electron chi connectivity index (χ4n) is 1.25. The molecular weight excluding hydrogens is 279 g/mol. The molecule has 0 spiro atoms. The molecule has 5 heteroatoms. The van der Waals surface area contributed by atoms with Crippen LogP contribution in [0.2, 0.25) is 10.0 Å². The summed E-state index contributed by atoms with van der Waals surface area (Å²) in [6.45, 7) is 1.99. The molecule has 0 amide bonds. The minimum Gasteiger partial charge on any atom is -0.469 e. The van der Waals surface area contributed by atoms with E-state index in [1.807, 2.05) is 19.1 Å². The van der Waals surface area contributed by atoms with Crippen molar-refractivity contribution in [1.29, 1.82) is 0 Å². The number of halogens is 2. The first-order valence-corrected chi connectivity index (χ1v) is 6.95. The van der Waals surface area contributed by atoms with Crippen LogP contribution in [0.5, 0.6) is 0 Å². The monoisotopic (exact) mass is 292 g/mol. The Kier molecular flexibility index (Phi) is 6.17. The highest BCUT2D eigenvalue weighted by atomic mass is 35.5. The zero-order valence-electron chi connectivity index (χ0n) is 9.70. The molecule has 0 bridgehead atoms. The van der Waals surface area contributed by atoms with Crippen molar-refractivity contribution in [3.63, 3.8) is 0 Å². The Morgan fingerprint density at radius 2 is 2.18 bits per heavy atom. The van der Waals surface area contributed by atoms with Gasteiger partial charge in [-0.25, -0.2) is 0 Å². The molecule has 1 aromatic rings. The molecule has 1 atom stereocenters. The van der Waals surface area contributed by atoms with Gasteiger partial charge in [0.25, 0.3) is 0 Å². The Morgan fingerprint density at radius 1 is 1.47 bits per heavy atom. The number of methoxy groups -OCH3 is 1. The van der Waals surface area contributed by atoms with E-state index in [2.05, 4.69) is 4.74 Å². The van der Waals surface area contributed by atoms with E-state index >= 15 is 0 Å². The van der Waals surface area contributed by atoms with Gasteiger partial charge in [-0.15, -0.1) is 0 Å². The summed E-state index contributed by atoms with van der Waals surface area (Å²) in [5.41, 5.74) is 1.03. The predicted molar refractivity (Wildman–Crippen MR) is 73.9 cm³/mol. The Balaban J connectivity index is 2.47. The van der Waals surface area contributed by atoms with Gasteiger partial charge in [0.1, 0.15) is 0 Å². The van der Waals surface area contributed by atoms with E-state index in [1.165, 1.54) is 7.11 Å². The third-order valence-corrected chi connectivity index (χ3v) is 4.02. The smallest absolute Gasteiger partial charge is 0.306 e. The number of benzene rings is 1. The topological polar surface area (TPSA) is 26.3 Å². The van der Waals surface area contributed by atoms with Crippen LogP contribution in [0.25, 0.3) is 0 Å². The first kappa shape index (κ1) is 14.7. The highest BCUT2D eigenvalue weighted by Crippen LogP contribution is 2.27.